The van der Waals surface area contributed by atoms with Crippen LogP contribution in [0.1, 0.15) is 49.4 Å². The normalized spacial score (nSPS) is 17.1. The third-order valence-corrected chi connectivity index (χ3v) is 3.99. The number of hydrogen-bond acceptors (Lipinski definition) is 3. The monoisotopic (exact) mass is 262 g/mol. The smallest absolute Gasteiger partial charge is 0.339 e. The van der Waals surface area contributed by atoms with Crippen LogP contribution in [0.25, 0.3) is 0 Å². The molecule has 0 spiro atoms. The molecule has 0 bridgehead atoms. The fourth-order valence-corrected chi connectivity index (χ4v) is 2.71. The Kier molecular flexibility index (Phi) is 3.83. The number of anilines is 1. The Bertz CT molecular complexity index is 493. The quantitative estimate of drug-likeness (QED) is 0.874. The number of aromatic nitrogens is 1. The number of nitrogens with one attached hydrogen (secondary N) is 1. The van der Waals surface area contributed by atoms with Crippen LogP contribution in [0.4, 0.5) is 5.82 Å². The van der Waals surface area contributed by atoms with Crippen LogP contribution >= 0.6 is 0 Å². The second-order valence-corrected chi connectivity index (χ2v) is 5.00. The molecule has 0 unspecified atom stereocenters. The molecule has 1 heterocycles. The van der Waals surface area contributed by atoms with Crippen molar-refractivity contribution in [1.82, 2.24) is 4.98 Å². The highest BCUT2D eigenvalue weighted by Gasteiger charge is 2.39. The van der Waals surface area contributed by atoms with E-state index in [1.807, 2.05) is 6.92 Å². The molecule has 5 nitrogen and oxygen atoms in total. The van der Waals surface area contributed by atoms with E-state index in [1.54, 1.807) is 6.07 Å². The van der Waals surface area contributed by atoms with Crippen molar-refractivity contribution in [3.8, 4) is 0 Å². The molecule has 1 fully saturated rings. The van der Waals surface area contributed by atoms with E-state index in [1.165, 1.54) is 12.3 Å². The molecule has 102 valence electrons. The number of carbonyl (C=O) groups is 2. The van der Waals surface area contributed by atoms with Gasteiger partial charge in [-0.05, 0) is 31.4 Å². The lowest BCUT2D eigenvalue weighted by Crippen LogP contribution is -2.34. The maximum absolute atomic E-state index is 12.4. The summed E-state index contributed by atoms with van der Waals surface area (Å²) in [6, 6.07) is 2.99. The van der Waals surface area contributed by atoms with Gasteiger partial charge in [0.1, 0.15) is 11.4 Å². The Hall–Kier alpha value is -1.91. The van der Waals surface area contributed by atoms with Crippen LogP contribution in [0, 0.1) is 5.41 Å². The van der Waals surface area contributed by atoms with Gasteiger partial charge in [0.2, 0.25) is 5.91 Å². The van der Waals surface area contributed by atoms with Gasteiger partial charge in [-0.15, -0.1) is 0 Å². The molecule has 1 aromatic rings. The van der Waals surface area contributed by atoms with Crippen molar-refractivity contribution in [2.24, 2.45) is 5.41 Å². The van der Waals surface area contributed by atoms with Crippen LogP contribution < -0.4 is 5.32 Å². The van der Waals surface area contributed by atoms with E-state index in [2.05, 4.69) is 10.3 Å². The topological polar surface area (TPSA) is 79.3 Å². The number of nitrogens with zero attached hydrogens (tertiary/aromatic N) is 1. The maximum Gasteiger partial charge on any atom is 0.339 e. The Morgan fingerprint density at radius 1 is 1.42 bits per heavy atom. The largest absolute Gasteiger partial charge is 0.478 e. The van der Waals surface area contributed by atoms with Crippen molar-refractivity contribution in [1.29, 1.82) is 0 Å². The third kappa shape index (κ3) is 2.59. The second kappa shape index (κ2) is 5.38. The highest BCUT2D eigenvalue weighted by Crippen LogP contribution is 2.41. The molecule has 1 saturated carbocycles. The number of hydrogen-bond donors (Lipinski definition) is 2. The molecule has 2 N–H and O–H groups in total. The van der Waals surface area contributed by atoms with Crippen LogP contribution in [0.5, 0.6) is 0 Å². The van der Waals surface area contributed by atoms with E-state index in [4.69, 9.17) is 5.11 Å². The first-order valence-electron chi connectivity index (χ1n) is 6.59. The Morgan fingerprint density at radius 3 is 2.68 bits per heavy atom. The van der Waals surface area contributed by atoms with Crippen molar-refractivity contribution in [3.05, 3.63) is 23.9 Å². The van der Waals surface area contributed by atoms with Gasteiger partial charge in [-0.2, -0.15) is 0 Å². The molecule has 5 heteroatoms. The highest BCUT2D eigenvalue weighted by molar-refractivity contribution is 6.01. The molecule has 0 radical (unpaired) electrons. The van der Waals surface area contributed by atoms with Gasteiger partial charge < -0.3 is 10.4 Å². The summed E-state index contributed by atoms with van der Waals surface area (Å²) in [7, 11) is 0. The zero-order valence-corrected chi connectivity index (χ0v) is 11.0. The molecule has 1 aliphatic rings. The fourth-order valence-electron chi connectivity index (χ4n) is 2.71. The van der Waals surface area contributed by atoms with Crippen LogP contribution in [0.15, 0.2) is 18.3 Å². The van der Waals surface area contributed by atoms with Crippen LogP contribution in [-0.4, -0.2) is 22.0 Å². The van der Waals surface area contributed by atoms with E-state index in [0.29, 0.717) is 0 Å². The number of pyridine rings is 1. The molecular formula is C14H18N2O3. The lowest BCUT2D eigenvalue weighted by molar-refractivity contribution is -0.125. The number of carboxylic acids is 1. The fraction of sp³-hybridized carbons (Fsp3) is 0.500. The zero-order valence-electron chi connectivity index (χ0n) is 11.0. The van der Waals surface area contributed by atoms with Gasteiger partial charge in [-0.1, -0.05) is 19.8 Å². The lowest BCUT2D eigenvalue weighted by Gasteiger charge is -2.25. The number of aromatic carboxylic acids is 1. The first kappa shape index (κ1) is 13.5. The van der Waals surface area contributed by atoms with Gasteiger partial charge in [0, 0.05) is 11.6 Å². The average molecular weight is 262 g/mol. The van der Waals surface area contributed by atoms with Gasteiger partial charge in [0.15, 0.2) is 0 Å². The van der Waals surface area contributed by atoms with E-state index in [-0.39, 0.29) is 22.7 Å². The van der Waals surface area contributed by atoms with Crippen LogP contribution in [0.3, 0.4) is 0 Å². The molecule has 0 aliphatic heterocycles. The molecular weight excluding hydrogens is 244 g/mol. The summed E-state index contributed by atoms with van der Waals surface area (Å²) < 4.78 is 0. The Morgan fingerprint density at radius 2 is 2.11 bits per heavy atom. The predicted octanol–water partition coefficient (Wildman–Crippen LogP) is 2.69. The standard InChI is InChI=1S/C14H18N2O3/c1-2-14(7-3-4-8-14)13(19)16-11-10(12(17)18)6-5-9-15-11/h5-6,9H,2-4,7-8H2,1H3,(H,17,18)(H,15,16,19). The summed E-state index contributed by atoms with van der Waals surface area (Å²) in [6.07, 6.45) is 6.09. The first-order chi connectivity index (χ1) is 9.09. The lowest BCUT2D eigenvalue weighted by atomic mass is 9.82. The summed E-state index contributed by atoms with van der Waals surface area (Å²) in [6.45, 7) is 2.00. The van der Waals surface area contributed by atoms with E-state index >= 15 is 0 Å². The summed E-state index contributed by atoms with van der Waals surface area (Å²) in [5.74, 6) is -1.05. The van der Waals surface area contributed by atoms with E-state index in [9.17, 15) is 9.59 Å². The van der Waals surface area contributed by atoms with Crippen molar-refractivity contribution < 1.29 is 14.7 Å². The van der Waals surface area contributed by atoms with Crippen molar-refractivity contribution in [3.63, 3.8) is 0 Å². The van der Waals surface area contributed by atoms with Gasteiger partial charge >= 0.3 is 5.97 Å². The Balaban J connectivity index is 2.21. The van der Waals surface area contributed by atoms with Crippen molar-refractivity contribution in [2.45, 2.75) is 39.0 Å². The van der Waals surface area contributed by atoms with Crippen LogP contribution in [0.2, 0.25) is 0 Å². The zero-order chi connectivity index (χ0) is 13.9. The molecule has 0 saturated heterocycles. The average Bonchev–Trinajstić information content (AvgIpc) is 2.89. The summed E-state index contributed by atoms with van der Waals surface area (Å²) in [4.78, 5) is 27.4. The molecule has 1 aromatic heterocycles. The minimum Gasteiger partial charge on any atom is -0.478 e. The minimum atomic E-state index is -1.08. The summed E-state index contributed by atoms with van der Waals surface area (Å²) in [5, 5.41) is 11.8. The molecule has 19 heavy (non-hydrogen) atoms. The summed E-state index contributed by atoms with van der Waals surface area (Å²) >= 11 is 0. The number of rotatable bonds is 4. The van der Waals surface area contributed by atoms with Crippen LogP contribution in [-0.2, 0) is 4.79 Å². The minimum absolute atomic E-state index is 0.0279. The predicted molar refractivity (Wildman–Crippen MR) is 71.0 cm³/mol. The SMILES string of the molecule is CCC1(C(=O)Nc2ncccc2C(=O)O)CCCC1. The number of carboxylic acid groups (broad SMARTS) is 1. The summed E-state index contributed by atoms with van der Waals surface area (Å²) in [5.41, 5.74) is -0.326. The van der Waals surface area contributed by atoms with Gasteiger partial charge in [0.05, 0.1) is 0 Å². The van der Waals surface area contributed by atoms with Crippen molar-refractivity contribution in [2.75, 3.05) is 5.32 Å². The molecule has 2 rings (SSSR count). The van der Waals surface area contributed by atoms with Crippen molar-refractivity contribution >= 4 is 17.7 Å². The van der Waals surface area contributed by atoms with Gasteiger partial charge in [-0.3, -0.25) is 4.79 Å². The number of amides is 1. The third-order valence-electron chi connectivity index (χ3n) is 3.99. The second-order valence-electron chi connectivity index (χ2n) is 5.00. The molecule has 1 amide bonds. The van der Waals surface area contributed by atoms with E-state index < -0.39 is 5.97 Å². The number of carbonyl (C=O) groups excluding carboxylic acids is 1. The first-order valence-corrected chi connectivity index (χ1v) is 6.59. The molecule has 0 atom stereocenters. The van der Waals surface area contributed by atoms with Gasteiger partial charge in [0.25, 0.3) is 0 Å². The molecule has 0 aromatic carbocycles. The van der Waals surface area contributed by atoms with E-state index in [0.717, 1.165) is 32.1 Å². The molecule has 1 aliphatic carbocycles. The van der Waals surface area contributed by atoms with Gasteiger partial charge in [-0.25, -0.2) is 9.78 Å². The highest BCUT2D eigenvalue weighted by atomic mass is 16.4. The Labute approximate surface area is 112 Å². The maximum atomic E-state index is 12.4.